The van der Waals surface area contributed by atoms with Gasteiger partial charge in [0.25, 0.3) is 5.91 Å². The van der Waals surface area contributed by atoms with Gasteiger partial charge in [-0.25, -0.2) is 4.68 Å². The second-order valence-electron chi connectivity index (χ2n) is 10.2. The maximum absolute atomic E-state index is 12.7. The molecule has 4 aliphatic carbocycles. The van der Waals surface area contributed by atoms with Crippen LogP contribution in [0.2, 0.25) is 0 Å². The molecular weight excluding hydrogens is 412 g/mol. The highest BCUT2D eigenvalue weighted by molar-refractivity contribution is 6.01. The molecule has 6 rings (SSSR count). The summed E-state index contributed by atoms with van der Waals surface area (Å²) >= 11 is 0. The summed E-state index contributed by atoms with van der Waals surface area (Å²) in [7, 11) is 1.64. The molecule has 6 nitrogen and oxygen atoms in total. The van der Waals surface area contributed by atoms with Crippen LogP contribution in [0.25, 0.3) is 11.8 Å². The highest BCUT2D eigenvalue weighted by atomic mass is 16.5. The van der Waals surface area contributed by atoms with Crippen LogP contribution in [-0.2, 0) is 14.9 Å². The molecule has 0 atom stereocenters. The van der Waals surface area contributed by atoms with Crippen molar-refractivity contribution in [2.75, 3.05) is 20.3 Å². The Morgan fingerprint density at radius 1 is 1.21 bits per heavy atom. The number of methoxy groups -OCH3 is 1. The molecule has 0 radical (unpaired) electrons. The number of aromatic nitrogens is 2. The predicted molar refractivity (Wildman–Crippen MR) is 127 cm³/mol. The fraction of sp³-hybridized carbons (Fsp3) is 0.519. The van der Waals surface area contributed by atoms with Crippen molar-refractivity contribution >= 4 is 12.0 Å². The third-order valence-electron chi connectivity index (χ3n) is 7.78. The average molecular weight is 445 g/mol. The van der Waals surface area contributed by atoms with Crippen molar-refractivity contribution in [3.63, 3.8) is 0 Å². The van der Waals surface area contributed by atoms with Gasteiger partial charge in [-0.05, 0) is 80.9 Å². The molecule has 4 aliphatic rings. The van der Waals surface area contributed by atoms with E-state index in [1.807, 2.05) is 41.2 Å². The Balaban J connectivity index is 1.51. The molecule has 4 fully saturated rings. The Morgan fingerprint density at radius 2 is 1.88 bits per heavy atom. The predicted octanol–water partition coefficient (Wildman–Crippen LogP) is 4.40. The van der Waals surface area contributed by atoms with E-state index in [9.17, 15) is 10.1 Å². The summed E-state index contributed by atoms with van der Waals surface area (Å²) in [5.41, 5.74) is 3.17. The molecular formula is C27H32N4O2. The first-order valence-electron chi connectivity index (χ1n) is 12.1. The summed E-state index contributed by atoms with van der Waals surface area (Å²) < 4.78 is 6.96. The molecule has 172 valence electrons. The van der Waals surface area contributed by atoms with E-state index in [1.165, 1.54) is 38.5 Å². The first kappa shape index (κ1) is 21.9. The van der Waals surface area contributed by atoms with E-state index < -0.39 is 0 Å². The van der Waals surface area contributed by atoms with E-state index in [1.54, 1.807) is 13.2 Å². The van der Waals surface area contributed by atoms with Crippen molar-refractivity contribution < 1.29 is 9.53 Å². The van der Waals surface area contributed by atoms with Gasteiger partial charge in [-0.1, -0.05) is 18.2 Å². The van der Waals surface area contributed by atoms with Crippen molar-refractivity contribution in [2.45, 2.75) is 50.4 Å². The van der Waals surface area contributed by atoms with E-state index in [0.717, 1.165) is 34.7 Å². The number of nitriles is 1. The minimum absolute atomic E-state index is 0.0656. The molecule has 0 aliphatic heterocycles. The third-order valence-corrected chi connectivity index (χ3v) is 7.78. The lowest BCUT2D eigenvalue weighted by molar-refractivity contribution is -0.117. The van der Waals surface area contributed by atoms with Crippen LogP contribution in [0, 0.1) is 29.1 Å². The molecule has 0 spiro atoms. The molecule has 1 amide bonds. The number of rotatable bonds is 8. The smallest absolute Gasteiger partial charge is 0.261 e. The van der Waals surface area contributed by atoms with Crippen LogP contribution >= 0.6 is 0 Å². The number of benzene rings is 1. The van der Waals surface area contributed by atoms with Crippen LogP contribution in [0.4, 0.5) is 0 Å². The summed E-state index contributed by atoms with van der Waals surface area (Å²) in [4.78, 5) is 12.7. The van der Waals surface area contributed by atoms with Gasteiger partial charge in [0.05, 0.1) is 11.4 Å². The average Bonchev–Trinajstić information content (AvgIpc) is 3.25. The number of carbonyl (C=O) groups is 1. The lowest BCUT2D eigenvalue weighted by Crippen LogP contribution is -2.49. The monoisotopic (exact) mass is 444 g/mol. The Hall–Kier alpha value is -2.91. The van der Waals surface area contributed by atoms with Crippen LogP contribution in [0.1, 0.15) is 56.2 Å². The highest BCUT2D eigenvalue weighted by Gasteiger charge is 2.53. The molecule has 6 heteroatoms. The molecule has 1 heterocycles. The van der Waals surface area contributed by atoms with Gasteiger partial charge in [0, 0.05) is 37.4 Å². The van der Waals surface area contributed by atoms with Crippen LogP contribution in [0.15, 0.2) is 42.1 Å². The maximum Gasteiger partial charge on any atom is 0.261 e. The number of hydrogen-bond donors (Lipinski definition) is 1. The van der Waals surface area contributed by atoms with E-state index in [4.69, 9.17) is 9.84 Å². The first-order chi connectivity index (χ1) is 16.1. The Labute approximate surface area is 195 Å². The number of ether oxygens (including phenoxy) is 1. The third kappa shape index (κ3) is 4.35. The molecule has 4 saturated carbocycles. The van der Waals surface area contributed by atoms with E-state index >= 15 is 0 Å². The van der Waals surface area contributed by atoms with Gasteiger partial charge < -0.3 is 10.1 Å². The molecule has 1 aromatic heterocycles. The molecule has 0 saturated heterocycles. The van der Waals surface area contributed by atoms with Crippen molar-refractivity contribution in [3.8, 4) is 11.8 Å². The number of nitrogens with zero attached hydrogens (tertiary/aromatic N) is 3. The van der Waals surface area contributed by atoms with Crippen molar-refractivity contribution in [3.05, 3.63) is 53.4 Å². The van der Waals surface area contributed by atoms with Gasteiger partial charge in [-0.15, -0.1) is 0 Å². The summed E-state index contributed by atoms with van der Waals surface area (Å²) in [6.45, 7) is 1.06. The van der Waals surface area contributed by atoms with Crippen molar-refractivity contribution in [1.29, 1.82) is 5.26 Å². The van der Waals surface area contributed by atoms with Gasteiger partial charge in [0.15, 0.2) is 0 Å². The Kier molecular flexibility index (Phi) is 6.07. The largest absolute Gasteiger partial charge is 0.385 e. The summed E-state index contributed by atoms with van der Waals surface area (Å²) in [5.74, 6) is 2.02. The molecule has 1 N–H and O–H groups in total. The van der Waals surface area contributed by atoms with Crippen molar-refractivity contribution in [1.82, 2.24) is 15.1 Å². The quantitative estimate of drug-likeness (QED) is 0.372. The minimum Gasteiger partial charge on any atom is -0.385 e. The van der Waals surface area contributed by atoms with Gasteiger partial charge in [-0.3, -0.25) is 4.79 Å². The van der Waals surface area contributed by atoms with E-state index in [0.29, 0.717) is 19.6 Å². The summed E-state index contributed by atoms with van der Waals surface area (Å²) in [6.07, 6.45) is 12.1. The fourth-order valence-corrected chi connectivity index (χ4v) is 6.84. The van der Waals surface area contributed by atoms with Crippen molar-refractivity contribution in [2.24, 2.45) is 17.8 Å². The van der Waals surface area contributed by atoms with Gasteiger partial charge >= 0.3 is 0 Å². The van der Waals surface area contributed by atoms with Crippen LogP contribution in [0.5, 0.6) is 0 Å². The molecule has 1 aromatic carbocycles. The lowest BCUT2D eigenvalue weighted by Gasteiger charge is -2.56. The SMILES string of the molecule is COCCCNC(=O)C(C#N)=Cc1cn(-c2ccccc2)nc1C12CC3CC(CC(C3)C1)C2. The summed E-state index contributed by atoms with van der Waals surface area (Å²) in [5, 5.41) is 17.7. The highest BCUT2D eigenvalue weighted by Crippen LogP contribution is 2.61. The zero-order chi connectivity index (χ0) is 22.8. The summed E-state index contributed by atoms with van der Waals surface area (Å²) in [6, 6.07) is 12.2. The number of hydrogen-bond acceptors (Lipinski definition) is 4. The number of carbonyl (C=O) groups excluding carboxylic acids is 1. The van der Waals surface area contributed by atoms with Gasteiger partial charge in [-0.2, -0.15) is 10.4 Å². The standard InChI is InChI=1S/C27H32N4O2/c1-33-9-5-8-29-26(32)22(17-28)13-23-18-31(24-6-3-2-4-7-24)30-25(23)27-14-19-10-20(15-27)12-21(11-19)16-27/h2-4,6-7,13,18-21H,5,8-12,14-16H2,1H3,(H,29,32). The first-order valence-corrected chi connectivity index (χ1v) is 12.1. The number of para-hydroxylation sites is 1. The number of amides is 1. The van der Waals surface area contributed by atoms with Gasteiger partial charge in [0.1, 0.15) is 11.6 Å². The second kappa shape index (κ2) is 9.15. The molecule has 2 aromatic rings. The zero-order valence-corrected chi connectivity index (χ0v) is 19.3. The van der Waals surface area contributed by atoms with Crippen LogP contribution < -0.4 is 5.32 Å². The Bertz CT molecular complexity index is 1040. The molecule has 4 bridgehead atoms. The van der Waals surface area contributed by atoms with Crippen LogP contribution in [-0.4, -0.2) is 35.9 Å². The van der Waals surface area contributed by atoms with Crippen LogP contribution in [0.3, 0.4) is 0 Å². The Morgan fingerprint density at radius 3 is 2.48 bits per heavy atom. The van der Waals surface area contributed by atoms with Gasteiger partial charge in [0.2, 0.25) is 0 Å². The minimum atomic E-state index is -0.336. The zero-order valence-electron chi connectivity index (χ0n) is 19.3. The topological polar surface area (TPSA) is 79.9 Å². The second-order valence-corrected chi connectivity index (χ2v) is 10.2. The van der Waals surface area contributed by atoms with E-state index in [2.05, 4.69) is 11.4 Å². The molecule has 33 heavy (non-hydrogen) atoms. The number of nitrogens with one attached hydrogen (secondary N) is 1. The fourth-order valence-electron chi connectivity index (χ4n) is 6.84. The van der Waals surface area contributed by atoms with E-state index in [-0.39, 0.29) is 16.9 Å². The maximum atomic E-state index is 12.7. The lowest BCUT2D eigenvalue weighted by atomic mass is 9.48. The molecule has 0 unspecified atom stereocenters. The normalized spacial score (nSPS) is 28.0.